The minimum Gasteiger partial charge on any atom is -0.348 e. The average Bonchev–Trinajstić information content (AvgIpc) is 2.60. The van der Waals surface area contributed by atoms with Crippen LogP contribution in [0.4, 0.5) is 0 Å². The first kappa shape index (κ1) is 18.9. The monoisotopic (exact) mass is 370 g/mol. The van der Waals surface area contributed by atoms with Gasteiger partial charge in [0.1, 0.15) is 0 Å². The highest BCUT2D eigenvalue weighted by Gasteiger charge is 2.21. The van der Waals surface area contributed by atoms with Crippen molar-refractivity contribution in [2.45, 2.75) is 33.4 Å². The first-order valence-electron chi connectivity index (χ1n) is 9.34. The Bertz CT molecular complexity index is 734. The largest absolute Gasteiger partial charge is 0.348 e. The Balaban J connectivity index is 1.53. The van der Waals surface area contributed by atoms with Gasteiger partial charge in [0.05, 0.1) is 10.6 Å². The second-order valence-electron chi connectivity index (χ2n) is 7.62. The maximum atomic E-state index is 12.2. The molecular formula is C22H27ClN2O. The van der Waals surface area contributed by atoms with Gasteiger partial charge < -0.3 is 5.32 Å². The quantitative estimate of drug-likeness (QED) is 0.823. The fourth-order valence-corrected chi connectivity index (χ4v) is 4.09. The van der Waals surface area contributed by atoms with E-state index in [0.29, 0.717) is 17.1 Å². The van der Waals surface area contributed by atoms with E-state index in [1.165, 1.54) is 25.1 Å². The standard InChI is InChI=1S/C22H27ClN2O/c1-16-11-17(2)14-25(13-16)15-19-9-7-18(8-10-19)12-24-22(26)20-5-3-4-6-21(20)23/h3-10,16-17H,11-15H2,1-2H3,(H,24,26). The molecule has 2 aromatic carbocycles. The van der Waals surface area contributed by atoms with Gasteiger partial charge in [0.25, 0.3) is 5.91 Å². The summed E-state index contributed by atoms with van der Waals surface area (Å²) in [5.41, 5.74) is 2.93. The molecule has 0 aromatic heterocycles. The van der Waals surface area contributed by atoms with Gasteiger partial charge in [-0.05, 0) is 41.5 Å². The van der Waals surface area contributed by atoms with Crippen LogP contribution < -0.4 is 5.32 Å². The Labute approximate surface area is 161 Å². The first-order valence-corrected chi connectivity index (χ1v) is 9.72. The molecule has 0 spiro atoms. The van der Waals surface area contributed by atoms with Crippen molar-refractivity contribution in [2.75, 3.05) is 13.1 Å². The third kappa shape index (κ3) is 5.09. The van der Waals surface area contributed by atoms with Crippen LogP contribution in [-0.4, -0.2) is 23.9 Å². The number of carbonyl (C=O) groups excluding carboxylic acids is 1. The molecule has 3 nitrogen and oxygen atoms in total. The van der Waals surface area contributed by atoms with E-state index in [-0.39, 0.29) is 5.91 Å². The minimum absolute atomic E-state index is 0.143. The molecule has 0 bridgehead atoms. The number of hydrogen-bond donors (Lipinski definition) is 1. The fraction of sp³-hybridized carbons (Fsp3) is 0.409. The Kier molecular flexibility index (Phi) is 6.33. The Morgan fingerprint density at radius 1 is 1.04 bits per heavy atom. The molecule has 26 heavy (non-hydrogen) atoms. The number of amides is 1. The van der Waals surface area contributed by atoms with Crippen molar-refractivity contribution in [3.63, 3.8) is 0 Å². The van der Waals surface area contributed by atoms with Crippen LogP contribution in [0.3, 0.4) is 0 Å². The molecule has 138 valence electrons. The highest BCUT2D eigenvalue weighted by Crippen LogP contribution is 2.22. The zero-order valence-electron chi connectivity index (χ0n) is 15.5. The molecule has 1 N–H and O–H groups in total. The summed E-state index contributed by atoms with van der Waals surface area (Å²) < 4.78 is 0. The zero-order valence-corrected chi connectivity index (χ0v) is 16.3. The molecule has 4 heteroatoms. The normalized spacial score (nSPS) is 20.7. The molecule has 1 amide bonds. The summed E-state index contributed by atoms with van der Waals surface area (Å²) in [6.45, 7) is 8.55. The van der Waals surface area contributed by atoms with Crippen LogP contribution in [0.15, 0.2) is 48.5 Å². The van der Waals surface area contributed by atoms with Crippen molar-refractivity contribution in [1.29, 1.82) is 0 Å². The summed E-state index contributed by atoms with van der Waals surface area (Å²) in [7, 11) is 0. The number of rotatable bonds is 5. The molecule has 1 heterocycles. The molecule has 1 saturated heterocycles. The maximum absolute atomic E-state index is 12.2. The van der Waals surface area contributed by atoms with Crippen molar-refractivity contribution in [3.8, 4) is 0 Å². The lowest BCUT2D eigenvalue weighted by Gasteiger charge is -2.35. The van der Waals surface area contributed by atoms with E-state index < -0.39 is 0 Å². The van der Waals surface area contributed by atoms with Crippen molar-refractivity contribution in [3.05, 3.63) is 70.2 Å². The molecule has 1 aliphatic rings. The van der Waals surface area contributed by atoms with Crippen molar-refractivity contribution in [1.82, 2.24) is 10.2 Å². The van der Waals surface area contributed by atoms with Crippen LogP contribution in [-0.2, 0) is 13.1 Å². The van der Waals surface area contributed by atoms with Crippen LogP contribution in [0.5, 0.6) is 0 Å². The van der Waals surface area contributed by atoms with Crippen LogP contribution >= 0.6 is 11.6 Å². The van der Waals surface area contributed by atoms with Gasteiger partial charge in [-0.3, -0.25) is 9.69 Å². The molecule has 1 aliphatic heterocycles. The molecule has 2 unspecified atom stereocenters. The summed E-state index contributed by atoms with van der Waals surface area (Å²) >= 11 is 6.07. The Morgan fingerprint density at radius 2 is 1.65 bits per heavy atom. The van der Waals surface area contributed by atoms with E-state index in [1.807, 2.05) is 12.1 Å². The smallest absolute Gasteiger partial charge is 0.253 e. The summed E-state index contributed by atoms with van der Waals surface area (Å²) in [5.74, 6) is 1.41. The number of halogens is 1. The highest BCUT2D eigenvalue weighted by molar-refractivity contribution is 6.33. The van der Waals surface area contributed by atoms with Gasteiger partial charge >= 0.3 is 0 Å². The molecule has 3 rings (SSSR count). The number of nitrogens with one attached hydrogen (secondary N) is 1. The Morgan fingerprint density at radius 3 is 2.31 bits per heavy atom. The van der Waals surface area contributed by atoms with E-state index in [9.17, 15) is 4.79 Å². The van der Waals surface area contributed by atoms with E-state index >= 15 is 0 Å². The van der Waals surface area contributed by atoms with Gasteiger partial charge in [-0.1, -0.05) is 61.8 Å². The number of hydrogen-bond acceptors (Lipinski definition) is 2. The van der Waals surface area contributed by atoms with Crippen LogP contribution in [0.1, 0.15) is 41.8 Å². The predicted molar refractivity (Wildman–Crippen MR) is 107 cm³/mol. The van der Waals surface area contributed by atoms with Gasteiger partial charge in [0.15, 0.2) is 0 Å². The number of likely N-dealkylation sites (tertiary alicyclic amines) is 1. The van der Waals surface area contributed by atoms with Gasteiger partial charge in [-0.2, -0.15) is 0 Å². The van der Waals surface area contributed by atoms with E-state index in [0.717, 1.165) is 23.9 Å². The minimum atomic E-state index is -0.143. The van der Waals surface area contributed by atoms with Crippen LogP contribution in [0.2, 0.25) is 5.02 Å². The second kappa shape index (κ2) is 8.70. The summed E-state index contributed by atoms with van der Waals surface area (Å²) in [4.78, 5) is 14.8. The molecule has 2 atom stereocenters. The average molecular weight is 371 g/mol. The summed E-state index contributed by atoms with van der Waals surface area (Å²) in [5, 5.41) is 3.41. The summed E-state index contributed by atoms with van der Waals surface area (Å²) in [6, 6.07) is 15.6. The highest BCUT2D eigenvalue weighted by atomic mass is 35.5. The molecule has 1 fully saturated rings. The number of nitrogens with zero attached hydrogens (tertiary/aromatic N) is 1. The van der Waals surface area contributed by atoms with Gasteiger partial charge in [-0.15, -0.1) is 0 Å². The van der Waals surface area contributed by atoms with Crippen LogP contribution in [0, 0.1) is 11.8 Å². The van der Waals surface area contributed by atoms with Crippen LogP contribution in [0.25, 0.3) is 0 Å². The SMILES string of the molecule is CC1CC(C)CN(Cc2ccc(CNC(=O)c3ccccc3Cl)cc2)C1. The van der Waals surface area contributed by atoms with Gasteiger partial charge in [0, 0.05) is 26.2 Å². The third-order valence-corrected chi connectivity index (χ3v) is 5.27. The number of piperidine rings is 1. The molecule has 2 aromatic rings. The molecule has 0 aliphatic carbocycles. The maximum Gasteiger partial charge on any atom is 0.253 e. The number of carbonyl (C=O) groups is 1. The molecule has 0 saturated carbocycles. The lowest BCUT2D eigenvalue weighted by atomic mass is 9.91. The molecule has 0 radical (unpaired) electrons. The van der Waals surface area contributed by atoms with Crippen molar-refractivity contribution < 1.29 is 4.79 Å². The fourth-order valence-electron chi connectivity index (χ4n) is 3.86. The summed E-state index contributed by atoms with van der Waals surface area (Å²) in [6.07, 6.45) is 1.33. The van der Waals surface area contributed by atoms with E-state index in [4.69, 9.17) is 11.6 Å². The Hall–Kier alpha value is -1.84. The first-order chi connectivity index (χ1) is 12.5. The molecular weight excluding hydrogens is 344 g/mol. The van der Waals surface area contributed by atoms with E-state index in [1.54, 1.807) is 12.1 Å². The van der Waals surface area contributed by atoms with Gasteiger partial charge in [0.2, 0.25) is 0 Å². The zero-order chi connectivity index (χ0) is 18.5. The van der Waals surface area contributed by atoms with Gasteiger partial charge in [-0.25, -0.2) is 0 Å². The third-order valence-electron chi connectivity index (χ3n) is 4.95. The predicted octanol–water partition coefficient (Wildman–Crippen LogP) is 4.75. The van der Waals surface area contributed by atoms with Crippen molar-refractivity contribution >= 4 is 17.5 Å². The number of benzene rings is 2. The van der Waals surface area contributed by atoms with Crippen molar-refractivity contribution in [2.24, 2.45) is 11.8 Å². The lowest BCUT2D eigenvalue weighted by Crippen LogP contribution is -2.38. The van der Waals surface area contributed by atoms with E-state index in [2.05, 4.69) is 48.3 Å². The topological polar surface area (TPSA) is 32.3 Å². The second-order valence-corrected chi connectivity index (χ2v) is 8.03. The lowest BCUT2D eigenvalue weighted by molar-refractivity contribution is 0.0951.